The molecule has 31 aromatic rings. The van der Waals surface area contributed by atoms with Crippen molar-refractivity contribution in [1.29, 1.82) is 0 Å². The minimum absolute atomic E-state index is 1.14. The van der Waals surface area contributed by atoms with Crippen LogP contribution in [0.2, 0.25) is 0 Å². The summed E-state index contributed by atoms with van der Waals surface area (Å²) < 4.78 is 19.4. The van der Waals surface area contributed by atoms with Crippen molar-refractivity contribution >= 4 is 174 Å². The van der Waals surface area contributed by atoms with Gasteiger partial charge in [0, 0.05) is 132 Å². The van der Waals surface area contributed by atoms with Crippen LogP contribution in [0.1, 0.15) is 0 Å². The molecule has 682 valence electrons. The van der Waals surface area contributed by atoms with Gasteiger partial charge in [0.05, 0.1) is 88.3 Å². The Balaban J connectivity index is 0.000000104. The molecule has 0 spiro atoms. The second-order valence-corrected chi connectivity index (χ2v) is 38.1. The average molecular weight is 1860 g/mol. The molecular formula is C138H90N8. The van der Waals surface area contributed by atoms with Crippen molar-refractivity contribution in [3.8, 4) is 90.0 Å². The Hall–Kier alpha value is -19.5. The molecule has 8 aromatic heterocycles. The quantitative estimate of drug-likeness (QED) is 0.117. The molecule has 8 heterocycles. The molecule has 8 heteroatoms. The minimum atomic E-state index is 1.14. The summed E-state index contributed by atoms with van der Waals surface area (Å²) in [4.78, 5) is 0. The molecule has 0 saturated heterocycles. The monoisotopic (exact) mass is 1860 g/mol. The Labute approximate surface area is 841 Å². The summed E-state index contributed by atoms with van der Waals surface area (Å²) in [6, 6.07) is 198. The molecule has 0 aliphatic carbocycles. The number of fused-ring (bicyclic) bond motifs is 27. The van der Waals surface area contributed by atoms with Crippen LogP contribution in [0.3, 0.4) is 0 Å². The van der Waals surface area contributed by atoms with Gasteiger partial charge in [0.1, 0.15) is 0 Å². The van der Waals surface area contributed by atoms with Crippen molar-refractivity contribution in [3.63, 3.8) is 0 Å². The van der Waals surface area contributed by atoms with Gasteiger partial charge in [-0.05, 0) is 226 Å². The summed E-state index contributed by atoms with van der Waals surface area (Å²) >= 11 is 0. The lowest BCUT2D eigenvalue weighted by molar-refractivity contribution is 1.14. The lowest BCUT2D eigenvalue weighted by atomic mass is 9.98. The lowest BCUT2D eigenvalue weighted by Gasteiger charge is -2.14. The maximum Gasteiger partial charge on any atom is 0.0641 e. The zero-order valence-electron chi connectivity index (χ0n) is 79.5. The highest BCUT2D eigenvalue weighted by Crippen LogP contribution is 2.49. The van der Waals surface area contributed by atoms with E-state index in [4.69, 9.17) is 0 Å². The Bertz CT molecular complexity index is 10400. The topological polar surface area (TPSA) is 39.4 Å². The molecule has 0 unspecified atom stereocenters. The fraction of sp³-hybridized carbons (Fsp3) is 0. The summed E-state index contributed by atoms with van der Waals surface area (Å²) in [6.07, 6.45) is 0. The van der Waals surface area contributed by atoms with Crippen LogP contribution in [-0.4, -0.2) is 36.5 Å². The first kappa shape index (κ1) is 83.4. The van der Waals surface area contributed by atoms with Crippen molar-refractivity contribution in [2.24, 2.45) is 0 Å². The highest BCUT2D eigenvalue weighted by Gasteiger charge is 2.28. The molecule has 0 saturated carbocycles. The predicted octanol–water partition coefficient (Wildman–Crippen LogP) is 36.5. The van der Waals surface area contributed by atoms with Gasteiger partial charge in [-0.1, -0.05) is 364 Å². The van der Waals surface area contributed by atoms with Gasteiger partial charge in [-0.3, -0.25) is 0 Å². The normalized spacial score (nSPS) is 11.8. The van der Waals surface area contributed by atoms with Crippen LogP contribution in [0.5, 0.6) is 0 Å². The van der Waals surface area contributed by atoms with E-state index in [-0.39, 0.29) is 0 Å². The van der Waals surface area contributed by atoms with Crippen LogP contribution in [0, 0.1) is 0 Å². The van der Waals surface area contributed by atoms with E-state index < -0.39 is 0 Å². The Morgan fingerprint density at radius 1 is 0.0890 bits per heavy atom. The Morgan fingerprint density at radius 2 is 0.260 bits per heavy atom. The van der Waals surface area contributed by atoms with E-state index in [1.165, 1.54) is 225 Å². The number of rotatable bonds is 12. The number of aromatic nitrogens is 8. The molecular weight excluding hydrogens is 1770 g/mol. The molecule has 0 aliphatic heterocycles. The fourth-order valence-electron chi connectivity index (χ4n) is 23.8. The highest BCUT2D eigenvalue weighted by molar-refractivity contribution is 6.30. The van der Waals surface area contributed by atoms with Gasteiger partial charge in [0.25, 0.3) is 0 Å². The number of hydrogen-bond acceptors (Lipinski definition) is 0. The van der Waals surface area contributed by atoms with Gasteiger partial charge in [-0.15, -0.1) is 0 Å². The molecule has 0 amide bonds. The number of para-hydroxylation sites is 11. The third kappa shape index (κ3) is 13.3. The second-order valence-electron chi connectivity index (χ2n) is 38.1. The molecule has 0 N–H and O–H groups in total. The van der Waals surface area contributed by atoms with Crippen LogP contribution in [0.4, 0.5) is 0 Å². The highest BCUT2D eigenvalue weighted by atomic mass is 15.1. The van der Waals surface area contributed by atoms with Gasteiger partial charge < -0.3 is 36.5 Å². The fourth-order valence-corrected chi connectivity index (χ4v) is 23.8. The summed E-state index contributed by atoms with van der Waals surface area (Å²) in [5, 5.41) is 20.2. The van der Waals surface area contributed by atoms with Crippen molar-refractivity contribution < 1.29 is 0 Å². The molecule has 0 radical (unpaired) electrons. The third-order valence-electron chi connectivity index (χ3n) is 30.2. The molecule has 23 aromatic carbocycles. The minimum Gasteiger partial charge on any atom is -0.309 e. The molecule has 0 atom stereocenters. The van der Waals surface area contributed by atoms with Gasteiger partial charge in [0.2, 0.25) is 0 Å². The largest absolute Gasteiger partial charge is 0.309 e. The smallest absolute Gasteiger partial charge is 0.0641 e. The van der Waals surface area contributed by atoms with Gasteiger partial charge in [-0.2, -0.15) is 0 Å². The maximum atomic E-state index is 2.47. The molecule has 8 nitrogen and oxygen atoms in total. The van der Waals surface area contributed by atoms with E-state index in [0.717, 1.165) is 39.8 Å². The molecule has 31 rings (SSSR count). The first-order valence-electron chi connectivity index (χ1n) is 50.2. The van der Waals surface area contributed by atoms with E-state index in [2.05, 4.69) is 583 Å². The third-order valence-corrected chi connectivity index (χ3v) is 30.2. The van der Waals surface area contributed by atoms with Crippen LogP contribution in [-0.2, 0) is 0 Å². The Kier molecular flexibility index (Phi) is 19.5. The Morgan fingerprint density at radius 3 is 0.527 bits per heavy atom. The summed E-state index contributed by atoms with van der Waals surface area (Å²) in [6.45, 7) is 0. The van der Waals surface area contributed by atoms with Crippen LogP contribution in [0.25, 0.3) is 264 Å². The van der Waals surface area contributed by atoms with E-state index >= 15 is 0 Å². The van der Waals surface area contributed by atoms with Gasteiger partial charge >= 0.3 is 0 Å². The predicted molar refractivity (Wildman–Crippen MR) is 616 cm³/mol. The van der Waals surface area contributed by atoms with Crippen LogP contribution < -0.4 is 0 Å². The molecule has 0 aliphatic rings. The summed E-state index contributed by atoms with van der Waals surface area (Å²) in [5.74, 6) is 0. The van der Waals surface area contributed by atoms with Crippen molar-refractivity contribution in [3.05, 3.63) is 546 Å². The van der Waals surface area contributed by atoms with Crippen molar-refractivity contribution in [2.75, 3.05) is 0 Å². The van der Waals surface area contributed by atoms with Crippen molar-refractivity contribution in [1.82, 2.24) is 36.5 Å². The van der Waals surface area contributed by atoms with Crippen LogP contribution in [0.15, 0.2) is 546 Å². The average Bonchev–Trinajstić information content (AvgIpc) is 1.55. The SMILES string of the molecule is c1ccc(-c2ccc(-n3c4ccccc4c4ccc5c(c6ccccc6n5-c5cc(-c6ccccc6)cc(-c6ccccc6)c5)c43)cc2)cc1.c1ccc(-c2ccc(-n3c4ccccc4c4ccc5c(c6ccccc6n5-c5ccc(-n6c7ccccc7c7ccccc76)cc5)c43)cc2)cc1.c1ccc(-n2c3ccccc3c3ccc4c(c5ccccc5n4-c4ccc(-n5c6ccccc6c6ccccc65)cc4)c32)cc1. The molecule has 0 fully saturated rings. The maximum absolute atomic E-state index is 2.47. The van der Waals surface area contributed by atoms with E-state index in [1.54, 1.807) is 0 Å². The van der Waals surface area contributed by atoms with Gasteiger partial charge in [0.15, 0.2) is 0 Å². The van der Waals surface area contributed by atoms with E-state index in [0.29, 0.717) is 0 Å². The number of hydrogen-bond donors (Lipinski definition) is 0. The molecule has 146 heavy (non-hydrogen) atoms. The first-order valence-corrected chi connectivity index (χ1v) is 50.2. The second kappa shape index (κ2) is 34.2. The lowest BCUT2D eigenvalue weighted by Crippen LogP contribution is -1.97. The summed E-state index contributed by atoms with van der Waals surface area (Å²) in [5.41, 5.74) is 38.3. The first-order chi connectivity index (χ1) is 72.5. The standard InChI is InChI=1S/C48H31N3.C48H32N2.C42H27N3/c1-2-12-32(13-3-1)33-22-24-36(25-23-33)51-44-20-10-6-16-39(44)40-30-31-46-47(48(40)51)41-17-7-11-21-45(41)50(46)35-28-26-34(27-29-35)49-42-18-8-4-14-37(42)38-15-5-9-19-43(38)49;1-4-14-33(15-5-1)36-24-26-39(27-25-36)50-44-22-12-10-20-41(44)42-28-29-46-47(48(42)50)43-21-11-13-23-45(43)49(46)40-31-37(34-16-6-2-7-17-34)30-38(32-40)35-18-8-3-9-19-35;1-2-12-28(13-3-1)45-38-20-10-6-16-33(38)34-26-27-40-41(42(34)45)35-17-7-11-21-39(35)44(40)30-24-22-29(23-25-30)43-36-18-8-4-14-31(36)32-15-5-9-19-37(32)43/h1-31H;1-32H;1-27H. The van der Waals surface area contributed by atoms with E-state index in [9.17, 15) is 0 Å². The zero-order valence-corrected chi connectivity index (χ0v) is 79.5. The molecule has 0 bridgehead atoms. The number of nitrogens with zero attached hydrogens (tertiary/aromatic N) is 8. The van der Waals surface area contributed by atoms with Gasteiger partial charge in [-0.25, -0.2) is 0 Å². The van der Waals surface area contributed by atoms with Crippen molar-refractivity contribution in [2.45, 2.75) is 0 Å². The van der Waals surface area contributed by atoms with E-state index in [1.807, 2.05) is 0 Å². The number of benzene rings is 23. The van der Waals surface area contributed by atoms with Crippen LogP contribution >= 0.6 is 0 Å². The summed E-state index contributed by atoms with van der Waals surface area (Å²) in [7, 11) is 0. The zero-order chi connectivity index (χ0) is 96.0.